The molecule has 2 aromatic heterocycles. The van der Waals surface area contributed by atoms with Crippen LogP contribution in [0.25, 0.3) is 6.08 Å². The Morgan fingerprint density at radius 3 is 1.64 bits per heavy atom. The molecule has 6 aromatic rings. The average molecular weight is 641 g/mol. The van der Waals surface area contributed by atoms with Crippen LogP contribution < -0.4 is 25.6 Å². The van der Waals surface area contributed by atoms with Gasteiger partial charge in [0.25, 0.3) is 0 Å². The van der Waals surface area contributed by atoms with Crippen LogP contribution in [-0.2, 0) is 0 Å². The van der Waals surface area contributed by atoms with Gasteiger partial charge < -0.3 is 0 Å². The minimum atomic E-state index is -2.64. The summed E-state index contributed by atoms with van der Waals surface area (Å²) >= 11 is 1.31. The molecule has 0 amide bonds. The first-order valence-corrected chi connectivity index (χ1v) is 18.4. The molecule has 0 spiro atoms. The zero-order valence-corrected chi connectivity index (χ0v) is 25.9. The number of carbonyl (C=O) groups is 2. The normalized spacial score (nSPS) is 14.9. The van der Waals surface area contributed by atoms with E-state index in [2.05, 4.69) is 126 Å². The Hall–Kier alpha value is -4.32. The number of thiophene rings is 1. The summed E-state index contributed by atoms with van der Waals surface area (Å²) < 4.78 is 2.21. The molecule has 0 saturated carbocycles. The Balaban J connectivity index is 1.33. The molecule has 2 aliphatic rings. The van der Waals surface area contributed by atoms with Crippen molar-refractivity contribution < 1.29 is 9.59 Å². The van der Waals surface area contributed by atoms with Crippen LogP contribution in [0.3, 0.4) is 0 Å². The Labute approximate surface area is 254 Å². The van der Waals surface area contributed by atoms with Gasteiger partial charge in [-0.05, 0) is 0 Å². The Kier molecular flexibility index (Phi) is 5.98. The summed E-state index contributed by atoms with van der Waals surface area (Å²) in [6, 6.07) is 43.9. The number of anilines is 3. The summed E-state index contributed by atoms with van der Waals surface area (Å²) in [5, 5.41) is 8.99. The van der Waals surface area contributed by atoms with E-state index in [4.69, 9.17) is 0 Å². The van der Waals surface area contributed by atoms with Gasteiger partial charge in [-0.15, -0.1) is 0 Å². The van der Waals surface area contributed by atoms with Crippen LogP contribution in [0.15, 0.2) is 138 Å². The van der Waals surface area contributed by atoms with Gasteiger partial charge in [-0.25, -0.2) is 0 Å². The van der Waals surface area contributed by atoms with Gasteiger partial charge >= 0.3 is 256 Å². The number of para-hydroxylation sites is 2. The van der Waals surface area contributed by atoms with Gasteiger partial charge in [0.1, 0.15) is 0 Å². The third-order valence-corrected chi connectivity index (χ3v) is 16.0. The summed E-state index contributed by atoms with van der Waals surface area (Å²) in [7, 11) is -2.64. The van der Waals surface area contributed by atoms with Gasteiger partial charge in [0.2, 0.25) is 0 Å². The number of carbonyl (C=O) groups excluding carboxylic acids is 2. The van der Waals surface area contributed by atoms with Gasteiger partial charge in [0, 0.05) is 0 Å². The molecule has 0 atom stereocenters. The second kappa shape index (κ2) is 9.90. The zero-order valence-electron chi connectivity index (χ0n) is 22.4. The number of allylic oxidation sites excluding steroid dienone is 1. The number of ketones is 2. The molecule has 6 heteroatoms. The van der Waals surface area contributed by atoms with E-state index in [0.717, 1.165) is 4.44 Å². The van der Waals surface area contributed by atoms with Crippen molar-refractivity contribution in [1.29, 1.82) is 0 Å². The van der Waals surface area contributed by atoms with Crippen molar-refractivity contribution in [2.75, 3.05) is 4.90 Å². The number of nitrogens with zero attached hydrogens (tertiary/aromatic N) is 1. The van der Waals surface area contributed by atoms with E-state index >= 15 is 0 Å². The Morgan fingerprint density at radius 1 is 0.595 bits per heavy atom. The van der Waals surface area contributed by atoms with E-state index in [0.29, 0.717) is 11.1 Å². The predicted octanol–water partition coefficient (Wildman–Crippen LogP) is 5.43. The van der Waals surface area contributed by atoms with Crippen LogP contribution in [0, 0.1) is 0 Å². The SMILES string of the molecule is O=C1C(=Cc2ccc(N3c4ccccc4[Si](c4ccccc4)(c4ccccc4)c4ccccc43)[se]2)C(=O)c2cscc21. The predicted molar refractivity (Wildman–Crippen MR) is 176 cm³/mol. The van der Waals surface area contributed by atoms with Crippen molar-refractivity contribution in [3.05, 3.63) is 153 Å². The summed E-state index contributed by atoms with van der Waals surface area (Å²) in [5.74, 6) is -0.312. The van der Waals surface area contributed by atoms with Gasteiger partial charge in [-0.1, -0.05) is 0 Å². The monoisotopic (exact) mass is 641 g/mol. The number of rotatable bonds is 4. The first-order valence-electron chi connectivity index (χ1n) is 13.8. The fourth-order valence-electron chi connectivity index (χ4n) is 6.50. The maximum absolute atomic E-state index is 13.0. The molecule has 0 unspecified atom stereocenters. The van der Waals surface area contributed by atoms with Crippen LogP contribution in [0.4, 0.5) is 15.9 Å². The second-order valence-electron chi connectivity index (χ2n) is 10.4. The molecule has 3 nitrogen and oxygen atoms in total. The molecular weight excluding hydrogens is 618 g/mol. The fourth-order valence-corrected chi connectivity index (χ4v) is 14.5. The molecule has 1 aliphatic heterocycles. The third kappa shape index (κ3) is 3.63. The van der Waals surface area contributed by atoms with Gasteiger partial charge in [0.05, 0.1) is 0 Å². The van der Waals surface area contributed by atoms with Crippen molar-refractivity contribution in [3.63, 3.8) is 0 Å². The van der Waals surface area contributed by atoms with Crippen LogP contribution >= 0.6 is 11.3 Å². The summed E-state index contributed by atoms with van der Waals surface area (Å²) in [4.78, 5) is 28.4. The van der Waals surface area contributed by atoms with E-state index in [9.17, 15) is 9.59 Å². The molecule has 1 aliphatic carbocycles. The number of benzene rings is 4. The van der Waals surface area contributed by atoms with Crippen molar-refractivity contribution in [2.45, 2.75) is 0 Å². The summed E-state index contributed by atoms with van der Waals surface area (Å²) in [6.07, 6.45) is 1.83. The van der Waals surface area contributed by atoms with Gasteiger partial charge in [-0.3, -0.25) is 0 Å². The van der Waals surface area contributed by atoms with E-state index in [1.54, 1.807) is 10.8 Å². The van der Waals surface area contributed by atoms with Gasteiger partial charge in [0.15, 0.2) is 0 Å². The average Bonchev–Trinajstić information content (AvgIpc) is 3.77. The molecule has 0 bridgehead atoms. The van der Waals surface area contributed by atoms with E-state index in [1.165, 1.54) is 48.0 Å². The molecule has 0 radical (unpaired) electrons. The van der Waals surface area contributed by atoms with Crippen molar-refractivity contribution in [3.8, 4) is 0 Å². The number of hydrogen-bond donors (Lipinski definition) is 0. The summed E-state index contributed by atoms with van der Waals surface area (Å²) in [5.41, 5.74) is 3.76. The second-order valence-corrected chi connectivity index (χ2v) is 17.2. The maximum atomic E-state index is 13.0. The number of fused-ring (bicyclic) bond motifs is 3. The molecule has 0 saturated heterocycles. The molecule has 200 valence electrons. The van der Waals surface area contributed by atoms with Crippen LogP contribution in [0.5, 0.6) is 0 Å². The van der Waals surface area contributed by atoms with Crippen molar-refractivity contribution in [2.24, 2.45) is 0 Å². The molecule has 0 N–H and O–H groups in total. The van der Waals surface area contributed by atoms with Crippen LogP contribution in [-0.4, -0.2) is 34.1 Å². The minimum absolute atomic E-state index is 0.0932. The van der Waals surface area contributed by atoms with Crippen molar-refractivity contribution >= 4 is 88.2 Å². The standard InChI is InChI=1S/C36H23NO2SSeSi/c38-35-27(36(39)29-23-40-22-28(29)35)21-24-19-20-34(41-24)37-30-15-7-9-17-32(30)42(25-11-3-1-4-12-25,26-13-5-2-6-14-26)33-18-10-8-16-31(33)37/h1-23H. The van der Waals surface area contributed by atoms with Crippen LogP contribution in [0.2, 0.25) is 0 Å². The molecule has 3 heterocycles. The quantitative estimate of drug-likeness (QED) is 0.146. The number of Topliss-reactive ketones (excluding diaryl/α,β-unsaturated/α-hetero) is 2. The van der Waals surface area contributed by atoms with Gasteiger partial charge in [-0.2, -0.15) is 0 Å². The molecule has 42 heavy (non-hydrogen) atoms. The number of hydrogen-bond acceptors (Lipinski definition) is 4. The van der Waals surface area contributed by atoms with Crippen LogP contribution in [0.1, 0.15) is 25.2 Å². The zero-order chi connectivity index (χ0) is 28.3. The molecule has 0 fully saturated rings. The Morgan fingerprint density at radius 2 is 1.10 bits per heavy atom. The first kappa shape index (κ1) is 25.4. The summed E-state index contributed by atoms with van der Waals surface area (Å²) in [6.45, 7) is 0. The topological polar surface area (TPSA) is 37.4 Å². The van der Waals surface area contributed by atoms with Crippen molar-refractivity contribution in [1.82, 2.24) is 0 Å². The molecule has 8 rings (SSSR count). The Bertz CT molecular complexity index is 1920. The van der Waals surface area contributed by atoms with E-state index in [-0.39, 0.29) is 31.6 Å². The van der Waals surface area contributed by atoms with E-state index < -0.39 is 8.07 Å². The fraction of sp³-hybridized carbons (Fsp3) is 0. The molecular formula is C36H23NO2SSeSi. The first-order chi connectivity index (χ1) is 20.7. The van der Waals surface area contributed by atoms with E-state index in [1.807, 2.05) is 6.08 Å². The molecule has 4 aromatic carbocycles. The third-order valence-electron chi connectivity index (χ3n) is 8.27.